The lowest BCUT2D eigenvalue weighted by molar-refractivity contribution is -0.120. The Balaban J connectivity index is 1.98. The minimum atomic E-state index is 0.0703. The quantitative estimate of drug-likeness (QED) is 0.759. The standard InChI is InChI=1S/C17H26N2O2/c1-3-19-15-9-4-8-14-13(15)7-5-10-16(14)21-12-6-11-17(20)18-2/h5,7,10,15,19H,3-4,6,8-9,11-12H2,1-2H3,(H,18,20). The van der Waals surface area contributed by atoms with Gasteiger partial charge in [-0.05, 0) is 49.4 Å². The zero-order valence-electron chi connectivity index (χ0n) is 13.1. The van der Waals surface area contributed by atoms with E-state index in [-0.39, 0.29) is 5.91 Å². The van der Waals surface area contributed by atoms with Crippen molar-refractivity contribution in [3.05, 3.63) is 29.3 Å². The Morgan fingerprint density at radius 1 is 1.43 bits per heavy atom. The van der Waals surface area contributed by atoms with Crippen LogP contribution in [0.25, 0.3) is 0 Å². The van der Waals surface area contributed by atoms with Crippen LogP contribution in [0.3, 0.4) is 0 Å². The molecule has 0 bridgehead atoms. The Bertz CT molecular complexity index is 474. The van der Waals surface area contributed by atoms with Gasteiger partial charge in [0.2, 0.25) is 5.91 Å². The first-order chi connectivity index (χ1) is 10.3. The highest BCUT2D eigenvalue weighted by Gasteiger charge is 2.21. The Morgan fingerprint density at radius 3 is 3.05 bits per heavy atom. The molecule has 1 amide bonds. The molecule has 0 saturated heterocycles. The number of carbonyl (C=O) groups excluding carboxylic acids is 1. The number of benzene rings is 1. The molecule has 0 fully saturated rings. The van der Waals surface area contributed by atoms with Crippen LogP contribution < -0.4 is 15.4 Å². The SMILES string of the molecule is CCNC1CCCc2c(OCCCC(=O)NC)cccc21. The van der Waals surface area contributed by atoms with Gasteiger partial charge in [0.15, 0.2) is 0 Å². The van der Waals surface area contributed by atoms with Gasteiger partial charge in [-0.1, -0.05) is 19.1 Å². The second-order valence-corrected chi connectivity index (χ2v) is 5.45. The van der Waals surface area contributed by atoms with Crippen molar-refractivity contribution in [1.82, 2.24) is 10.6 Å². The van der Waals surface area contributed by atoms with Crippen molar-refractivity contribution in [1.29, 1.82) is 0 Å². The van der Waals surface area contributed by atoms with Crippen LogP contribution in [0.15, 0.2) is 18.2 Å². The molecule has 1 aliphatic rings. The van der Waals surface area contributed by atoms with Crippen LogP contribution in [0.2, 0.25) is 0 Å². The topological polar surface area (TPSA) is 50.4 Å². The van der Waals surface area contributed by atoms with E-state index in [1.165, 1.54) is 24.0 Å². The lowest BCUT2D eigenvalue weighted by Crippen LogP contribution is -2.25. The van der Waals surface area contributed by atoms with Crippen LogP contribution in [0.5, 0.6) is 5.75 Å². The van der Waals surface area contributed by atoms with Crippen molar-refractivity contribution in [3.8, 4) is 5.75 Å². The fraction of sp³-hybridized carbons (Fsp3) is 0.588. The number of hydrogen-bond donors (Lipinski definition) is 2. The smallest absolute Gasteiger partial charge is 0.219 e. The third-order valence-corrected chi connectivity index (χ3v) is 4.00. The van der Waals surface area contributed by atoms with Gasteiger partial charge in [0.25, 0.3) is 0 Å². The molecule has 0 aliphatic heterocycles. The summed E-state index contributed by atoms with van der Waals surface area (Å²) in [4.78, 5) is 11.2. The Kier molecular flexibility index (Phi) is 6.05. The van der Waals surface area contributed by atoms with Crippen molar-refractivity contribution in [2.24, 2.45) is 0 Å². The normalized spacial score (nSPS) is 17.1. The van der Waals surface area contributed by atoms with E-state index >= 15 is 0 Å². The molecular weight excluding hydrogens is 264 g/mol. The van der Waals surface area contributed by atoms with E-state index in [2.05, 4.69) is 29.7 Å². The van der Waals surface area contributed by atoms with Gasteiger partial charge in [-0.15, -0.1) is 0 Å². The maximum Gasteiger partial charge on any atom is 0.219 e. The van der Waals surface area contributed by atoms with E-state index in [1.54, 1.807) is 7.05 Å². The third-order valence-electron chi connectivity index (χ3n) is 4.00. The van der Waals surface area contributed by atoms with E-state index in [0.717, 1.165) is 25.1 Å². The largest absolute Gasteiger partial charge is 0.493 e. The molecule has 0 saturated carbocycles. The average Bonchev–Trinajstić information content (AvgIpc) is 2.52. The van der Waals surface area contributed by atoms with Crippen LogP contribution in [0.1, 0.15) is 49.8 Å². The minimum absolute atomic E-state index is 0.0703. The Hall–Kier alpha value is -1.55. The molecule has 21 heavy (non-hydrogen) atoms. The van der Waals surface area contributed by atoms with Crippen LogP contribution in [0, 0.1) is 0 Å². The van der Waals surface area contributed by atoms with E-state index in [9.17, 15) is 4.79 Å². The molecule has 1 aromatic carbocycles. The number of carbonyl (C=O) groups is 1. The number of ether oxygens (including phenoxy) is 1. The predicted molar refractivity (Wildman–Crippen MR) is 84.6 cm³/mol. The monoisotopic (exact) mass is 290 g/mol. The van der Waals surface area contributed by atoms with Crippen LogP contribution in [-0.2, 0) is 11.2 Å². The number of hydrogen-bond acceptors (Lipinski definition) is 3. The predicted octanol–water partition coefficient (Wildman–Crippen LogP) is 2.58. The van der Waals surface area contributed by atoms with Gasteiger partial charge in [0.1, 0.15) is 5.75 Å². The zero-order valence-corrected chi connectivity index (χ0v) is 13.1. The molecule has 1 atom stereocenters. The molecule has 1 unspecified atom stereocenters. The Labute approximate surface area is 127 Å². The maximum atomic E-state index is 11.2. The van der Waals surface area contributed by atoms with Crippen molar-refractivity contribution in [2.75, 3.05) is 20.2 Å². The van der Waals surface area contributed by atoms with Gasteiger partial charge < -0.3 is 15.4 Å². The summed E-state index contributed by atoms with van der Waals surface area (Å²) in [7, 11) is 1.66. The van der Waals surface area contributed by atoms with Crippen LogP contribution in [-0.4, -0.2) is 26.1 Å². The van der Waals surface area contributed by atoms with Crippen molar-refractivity contribution in [2.45, 2.75) is 45.1 Å². The summed E-state index contributed by atoms with van der Waals surface area (Å²) in [5, 5.41) is 6.18. The zero-order chi connectivity index (χ0) is 15.1. The molecule has 0 spiro atoms. The van der Waals surface area contributed by atoms with Crippen molar-refractivity contribution >= 4 is 5.91 Å². The summed E-state index contributed by atoms with van der Waals surface area (Å²) in [6.45, 7) is 3.73. The molecule has 2 rings (SSSR count). The highest BCUT2D eigenvalue weighted by Crippen LogP contribution is 2.35. The first-order valence-electron chi connectivity index (χ1n) is 7.94. The first-order valence-corrected chi connectivity index (χ1v) is 7.94. The lowest BCUT2D eigenvalue weighted by Gasteiger charge is -2.27. The van der Waals surface area contributed by atoms with E-state index < -0.39 is 0 Å². The van der Waals surface area contributed by atoms with E-state index in [4.69, 9.17) is 4.74 Å². The van der Waals surface area contributed by atoms with Crippen molar-refractivity contribution < 1.29 is 9.53 Å². The van der Waals surface area contributed by atoms with E-state index in [1.807, 2.05) is 6.07 Å². The molecular formula is C17H26N2O2. The summed E-state index contributed by atoms with van der Waals surface area (Å²) in [6, 6.07) is 6.78. The van der Waals surface area contributed by atoms with Gasteiger partial charge in [-0.3, -0.25) is 4.79 Å². The van der Waals surface area contributed by atoms with Crippen molar-refractivity contribution in [3.63, 3.8) is 0 Å². The molecule has 4 nitrogen and oxygen atoms in total. The highest BCUT2D eigenvalue weighted by atomic mass is 16.5. The summed E-state index contributed by atoms with van der Waals surface area (Å²) in [5.41, 5.74) is 2.72. The molecule has 2 N–H and O–H groups in total. The van der Waals surface area contributed by atoms with Crippen LogP contribution in [0.4, 0.5) is 0 Å². The average molecular weight is 290 g/mol. The van der Waals surface area contributed by atoms with Gasteiger partial charge in [-0.25, -0.2) is 0 Å². The van der Waals surface area contributed by atoms with Gasteiger partial charge in [0.05, 0.1) is 6.61 Å². The fourth-order valence-corrected chi connectivity index (χ4v) is 2.95. The second kappa shape index (κ2) is 8.03. The van der Waals surface area contributed by atoms with Crippen LogP contribution >= 0.6 is 0 Å². The first kappa shape index (κ1) is 15.8. The second-order valence-electron chi connectivity index (χ2n) is 5.45. The summed E-state index contributed by atoms with van der Waals surface area (Å²) in [6.07, 6.45) is 4.75. The highest BCUT2D eigenvalue weighted by molar-refractivity contribution is 5.75. The lowest BCUT2D eigenvalue weighted by atomic mass is 9.87. The third kappa shape index (κ3) is 4.21. The molecule has 1 aromatic rings. The molecule has 116 valence electrons. The van der Waals surface area contributed by atoms with Gasteiger partial charge in [0, 0.05) is 19.5 Å². The molecule has 0 radical (unpaired) electrons. The molecule has 1 aliphatic carbocycles. The molecule has 0 aromatic heterocycles. The molecule has 0 heterocycles. The number of rotatable bonds is 7. The number of nitrogens with one attached hydrogen (secondary N) is 2. The Morgan fingerprint density at radius 2 is 2.29 bits per heavy atom. The summed E-state index contributed by atoms with van der Waals surface area (Å²) < 4.78 is 5.92. The summed E-state index contributed by atoms with van der Waals surface area (Å²) >= 11 is 0. The number of fused-ring (bicyclic) bond motifs is 1. The van der Waals surface area contributed by atoms with Gasteiger partial charge in [-0.2, -0.15) is 0 Å². The minimum Gasteiger partial charge on any atom is -0.493 e. The maximum absolute atomic E-state index is 11.2. The van der Waals surface area contributed by atoms with E-state index in [0.29, 0.717) is 19.1 Å². The number of amides is 1. The summed E-state index contributed by atoms with van der Waals surface area (Å²) in [5.74, 6) is 1.06. The fourth-order valence-electron chi connectivity index (χ4n) is 2.95. The van der Waals surface area contributed by atoms with Gasteiger partial charge >= 0.3 is 0 Å². The molecule has 4 heteroatoms.